The fourth-order valence-electron chi connectivity index (χ4n) is 0. The molecule has 7 heavy (non-hydrogen) atoms. The fraction of sp³-hybridized carbons (Fsp3) is 0. The van der Waals surface area contributed by atoms with E-state index in [9.17, 15) is 0 Å². The van der Waals surface area contributed by atoms with Crippen LogP contribution >= 0.6 is 49.6 Å². The molecule has 0 aliphatic heterocycles. The molecule has 0 aromatic heterocycles. The zero-order valence-electron chi connectivity index (χ0n) is 2.86. The first kappa shape index (κ1) is 39.4. The summed E-state index contributed by atoms with van der Waals surface area (Å²) < 4.78 is 17.0. The van der Waals surface area contributed by atoms with E-state index in [1.807, 2.05) is 0 Å². The van der Waals surface area contributed by atoms with Crippen LogP contribution in [0.25, 0.3) is 0 Å². The molecule has 0 N–H and O–H groups in total. The van der Waals surface area contributed by atoms with Gasteiger partial charge in [0.15, 0.2) is 0 Å². The third kappa shape index (κ3) is 105. The SMILES string of the molecule is Cl.Cl.Cl.Cl.[O]=[Mo]=[O]. The third-order valence-electron chi connectivity index (χ3n) is 0. The first-order chi connectivity index (χ1) is 1.41. The van der Waals surface area contributed by atoms with E-state index >= 15 is 0 Å². The van der Waals surface area contributed by atoms with Crippen molar-refractivity contribution in [2.75, 3.05) is 0 Å². The van der Waals surface area contributed by atoms with E-state index in [4.69, 9.17) is 6.80 Å². The van der Waals surface area contributed by atoms with Crippen LogP contribution in [-0.2, 0) is 25.3 Å². The summed E-state index contributed by atoms with van der Waals surface area (Å²) in [6, 6.07) is 0. The van der Waals surface area contributed by atoms with Crippen molar-refractivity contribution in [3.8, 4) is 0 Å². The molecule has 0 amide bonds. The Labute approximate surface area is 74.6 Å². The second kappa shape index (κ2) is 51.7. The Bertz CT molecular complexity index is 30.7. The Kier molecular flexibility index (Phi) is 291. The summed E-state index contributed by atoms with van der Waals surface area (Å²) in [5.74, 6) is 0. The quantitative estimate of drug-likeness (QED) is 0.626. The topological polar surface area (TPSA) is 34.1 Å². The summed E-state index contributed by atoms with van der Waals surface area (Å²) in [5.41, 5.74) is 0. The van der Waals surface area contributed by atoms with E-state index < -0.39 is 18.5 Å². The van der Waals surface area contributed by atoms with Crippen molar-refractivity contribution in [3.63, 3.8) is 0 Å². The van der Waals surface area contributed by atoms with Gasteiger partial charge in [0.1, 0.15) is 0 Å². The van der Waals surface area contributed by atoms with Gasteiger partial charge in [0.05, 0.1) is 0 Å². The fourth-order valence-corrected chi connectivity index (χ4v) is 0. The second-order valence-electron chi connectivity index (χ2n) is 0.0680. The van der Waals surface area contributed by atoms with Crippen LogP contribution in [0.3, 0.4) is 0 Å². The second-order valence-corrected chi connectivity index (χ2v) is 0.403. The molecule has 2 nitrogen and oxygen atoms in total. The first-order valence-corrected chi connectivity index (χ1v) is 1.97. The molecule has 50 valence electrons. The zero-order valence-corrected chi connectivity index (χ0v) is 8.13. The van der Waals surface area contributed by atoms with Crippen molar-refractivity contribution in [1.29, 1.82) is 0 Å². The molecule has 0 aromatic carbocycles. The Morgan fingerprint density at radius 1 is 0.714 bits per heavy atom. The van der Waals surface area contributed by atoms with E-state index in [0.717, 1.165) is 0 Å². The molecule has 0 saturated carbocycles. The molecule has 0 aromatic rings. The van der Waals surface area contributed by atoms with E-state index in [-0.39, 0.29) is 49.6 Å². The average molecular weight is 274 g/mol. The van der Waals surface area contributed by atoms with E-state index in [2.05, 4.69) is 0 Å². The molecular weight excluding hydrogens is 270 g/mol. The molecule has 0 unspecified atom stereocenters. The molecule has 0 spiro atoms. The normalized spacial score (nSPS) is 1.71. The van der Waals surface area contributed by atoms with Gasteiger partial charge in [-0.15, -0.1) is 49.6 Å². The number of hydrogen-bond donors (Lipinski definition) is 0. The summed E-state index contributed by atoms with van der Waals surface area (Å²) in [4.78, 5) is 0. The molecule has 0 fully saturated rings. The zero-order chi connectivity index (χ0) is 2.71. The van der Waals surface area contributed by atoms with Crippen LogP contribution in [0.15, 0.2) is 0 Å². The summed E-state index contributed by atoms with van der Waals surface area (Å²) in [6.45, 7) is 0. The minimum absolute atomic E-state index is 0. The van der Waals surface area contributed by atoms with Crippen molar-refractivity contribution >= 4 is 49.6 Å². The predicted octanol–water partition coefficient (Wildman–Crippen LogP) is 1.45. The van der Waals surface area contributed by atoms with Gasteiger partial charge in [0.25, 0.3) is 0 Å². The molecule has 0 aliphatic rings. The molecule has 0 atom stereocenters. The average Bonchev–Trinajstić information content (AvgIpc) is 0.918. The summed E-state index contributed by atoms with van der Waals surface area (Å²) in [6.07, 6.45) is 0. The maximum absolute atomic E-state index is 8.50. The van der Waals surface area contributed by atoms with E-state index in [0.29, 0.717) is 0 Å². The van der Waals surface area contributed by atoms with E-state index in [1.54, 1.807) is 0 Å². The van der Waals surface area contributed by atoms with Gasteiger partial charge in [0.2, 0.25) is 0 Å². The van der Waals surface area contributed by atoms with Crippen LogP contribution in [0.4, 0.5) is 0 Å². The van der Waals surface area contributed by atoms with Gasteiger partial charge in [-0.25, -0.2) is 0 Å². The van der Waals surface area contributed by atoms with Crippen LogP contribution in [0.2, 0.25) is 0 Å². The molecular formula is H4Cl4MoO2. The summed E-state index contributed by atoms with van der Waals surface area (Å²) in [7, 11) is 0. The summed E-state index contributed by atoms with van der Waals surface area (Å²) >= 11 is -2.03. The Balaban J connectivity index is -0.00000000333. The standard InChI is InChI=1S/4ClH.Mo.2O/h4*1H;;;. The van der Waals surface area contributed by atoms with Crippen molar-refractivity contribution < 1.29 is 25.3 Å². The molecule has 0 radical (unpaired) electrons. The number of hydrogen-bond acceptors (Lipinski definition) is 2. The first-order valence-electron chi connectivity index (χ1n) is 0.333. The van der Waals surface area contributed by atoms with Gasteiger partial charge in [0, 0.05) is 0 Å². The summed E-state index contributed by atoms with van der Waals surface area (Å²) in [5, 5.41) is 0. The van der Waals surface area contributed by atoms with Crippen molar-refractivity contribution in [2.24, 2.45) is 0 Å². The molecule has 7 heteroatoms. The van der Waals surface area contributed by atoms with Gasteiger partial charge >= 0.3 is 25.3 Å². The van der Waals surface area contributed by atoms with Crippen LogP contribution in [-0.4, -0.2) is 0 Å². The van der Waals surface area contributed by atoms with Gasteiger partial charge in [-0.2, -0.15) is 0 Å². The van der Waals surface area contributed by atoms with E-state index in [1.165, 1.54) is 0 Å². The van der Waals surface area contributed by atoms with Gasteiger partial charge in [-0.05, 0) is 0 Å². The molecule has 0 rings (SSSR count). The van der Waals surface area contributed by atoms with Gasteiger partial charge < -0.3 is 0 Å². The third-order valence-corrected chi connectivity index (χ3v) is 0. The Hall–Kier alpha value is 1.45. The van der Waals surface area contributed by atoms with Crippen LogP contribution in [0.1, 0.15) is 0 Å². The molecule has 0 heterocycles. The molecule has 0 aliphatic carbocycles. The van der Waals surface area contributed by atoms with Crippen molar-refractivity contribution in [2.45, 2.75) is 0 Å². The predicted molar refractivity (Wildman–Crippen MR) is 30.4 cm³/mol. The van der Waals surface area contributed by atoms with Crippen LogP contribution in [0, 0.1) is 0 Å². The monoisotopic (exact) mass is 274 g/mol. The van der Waals surface area contributed by atoms with Crippen molar-refractivity contribution in [1.82, 2.24) is 0 Å². The molecule has 0 saturated heterocycles. The number of halogens is 4. The minimum atomic E-state index is -2.03. The van der Waals surface area contributed by atoms with Gasteiger partial charge in [-0.1, -0.05) is 0 Å². The Morgan fingerprint density at radius 2 is 0.714 bits per heavy atom. The van der Waals surface area contributed by atoms with Crippen LogP contribution < -0.4 is 0 Å². The maximum atomic E-state index is 8.50. The van der Waals surface area contributed by atoms with Crippen molar-refractivity contribution in [3.05, 3.63) is 0 Å². The number of rotatable bonds is 0. The molecule has 0 bridgehead atoms. The van der Waals surface area contributed by atoms with Gasteiger partial charge in [-0.3, -0.25) is 0 Å². The Morgan fingerprint density at radius 3 is 0.714 bits per heavy atom. The van der Waals surface area contributed by atoms with Crippen LogP contribution in [0.5, 0.6) is 0 Å².